The van der Waals surface area contributed by atoms with Gasteiger partial charge in [0.1, 0.15) is 6.33 Å². The highest BCUT2D eigenvalue weighted by Crippen LogP contribution is 2.19. The van der Waals surface area contributed by atoms with Crippen molar-refractivity contribution in [1.29, 1.82) is 0 Å². The fraction of sp³-hybridized carbons (Fsp3) is 0.211. The molecule has 2 amide bonds. The Morgan fingerprint density at radius 3 is 2.41 bits per heavy atom. The minimum Gasteiger partial charge on any atom is -0.345 e. The summed E-state index contributed by atoms with van der Waals surface area (Å²) < 4.78 is 1.60. The van der Waals surface area contributed by atoms with Crippen molar-refractivity contribution in [3.05, 3.63) is 71.0 Å². The highest BCUT2D eigenvalue weighted by atomic mass is 16.2. The summed E-state index contributed by atoms with van der Waals surface area (Å²) in [5.74, 6) is -0.348. The first-order valence-electron chi connectivity index (χ1n) is 8.37. The van der Waals surface area contributed by atoms with Crippen LogP contribution in [0.1, 0.15) is 31.8 Å². The molecule has 1 aromatic heterocycles. The van der Waals surface area contributed by atoms with Crippen LogP contribution in [0.25, 0.3) is 0 Å². The molecule has 8 nitrogen and oxygen atoms in total. The molecule has 2 aromatic carbocycles. The Kier molecular flexibility index (Phi) is 5.25. The van der Waals surface area contributed by atoms with E-state index in [0.29, 0.717) is 23.4 Å². The van der Waals surface area contributed by atoms with E-state index in [-0.39, 0.29) is 11.8 Å². The first-order chi connectivity index (χ1) is 12.9. The lowest BCUT2D eigenvalue weighted by Gasteiger charge is -2.14. The number of nitrogens with zero attached hydrogens (tertiary/aromatic N) is 5. The molecule has 0 aliphatic carbocycles. The van der Waals surface area contributed by atoms with Gasteiger partial charge < -0.3 is 10.2 Å². The van der Waals surface area contributed by atoms with Crippen LogP contribution in [0.15, 0.2) is 48.8 Å². The number of hydrogen-bond donors (Lipinski definition) is 1. The molecule has 0 saturated heterocycles. The fourth-order valence-corrected chi connectivity index (χ4v) is 2.54. The average molecular weight is 364 g/mol. The Hall–Kier alpha value is -3.55. The van der Waals surface area contributed by atoms with Crippen LogP contribution >= 0.6 is 0 Å². The number of amides is 2. The maximum Gasteiger partial charge on any atom is 0.255 e. The molecule has 3 rings (SSSR count). The molecular formula is C19H20N6O2. The van der Waals surface area contributed by atoms with Crippen molar-refractivity contribution in [1.82, 2.24) is 25.1 Å². The van der Waals surface area contributed by atoms with Crippen LogP contribution in [-0.2, 0) is 6.54 Å². The number of benzene rings is 2. The van der Waals surface area contributed by atoms with Gasteiger partial charge in [0.05, 0.1) is 6.54 Å². The molecule has 0 spiro atoms. The Balaban J connectivity index is 1.73. The molecule has 27 heavy (non-hydrogen) atoms. The minimum atomic E-state index is -0.235. The van der Waals surface area contributed by atoms with E-state index in [1.54, 1.807) is 43.0 Å². The van der Waals surface area contributed by atoms with Gasteiger partial charge in [-0.15, -0.1) is 5.10 Å². The molecule has 8 heteroatoms. The smallest absolute Gasteiger partial charge is 0.255 e. The number of carbonyl (C=O) groups excluding carboxylic acids is 2. The van der Waals surface area contributed by atoms with Gasteiger partial charge in [-0.3, -0.25) is 9.59 Å². The third kappa shape index (κ3) is 4.35. The number of aryl methyl sites for hydroxylation is 1. The van der Waals surface area contributed by atoms with Crippen LogP contribution in [0.2, 0.25) is 0 Å². The lowest BCUT2D eigenvalue weighted by Crippen LogP contribution is -2.22. The van der Waals surface area contributed by atoms with Crippen LogP contribution in [0.4, 0.5) is 5.69 Å². The third-order valence-electron chi connectivity index (χ3n) is 4.09. The summed E-state index contributed by atoms with van der Waals surface area (Å²) >= 11 is 0. The van der Waals surface area contributed by atoms with Gasteiger partial charge in [-0.25, -0.2) is 4.68 Å². The fourth-order valence-electron chi connectivity index (χ4n) is 2.54. The van der Waals surface area contributed by atoms with E-state index in [0.717, 1.165) is 11.1 Å². The van der Waals surface area contributed by atoms with Crippen molar-refractivity contribution in [3.63, 3.8) is 0 Å². The highest BCUT2D eigenvalue weighted by molar-refractivity contribution is 6.05. The lowest BCUT2D eigenvalue weighted by molar-refractivity contribution is 0.0827. The van der Waals surface area contributed by atoms with Crippen molar-refractivity contribution in [2.75, 3.05) is 19.4 Å². The van der Waals surface area contributed by atoms with E-state index in [4.69, 9.17) is 0 Å². The van der Waals surface area contributed by atoms with Gasteiger partial charge in [0.25, 0.3) is 11.8 Å². The van der Waals surface area contributed by atoms with E-state index in [9.17, 15) is 9.59 Å². The first-order valence-corrected chi connectivity index (χ1v) is 8.37. The number of anilines is 1. The number of rotatable bonds is 5. The number of aromatic nitrogens is 4. The van der Waals surface area contributed by atoms with Gasteiger partial charge in [-0.1, -0.05) is 18.2 Å². The Bertz CT molecular complexity index is 949. The van der Waals surface area contributed by atoms with Gasteiger partial charge in [0, 0.05) is 30.9 Å². The summed E-state index contributed by atoms with van der Waals surface area (Å²) in [6.45, 7) is 2.41. The topological polar surface area (TPSA) is 93.0 Å². The predicted octanol–water partition coefficient (Wildman–Crippen LogP) is 1.98. The van der Waals surface area contributed by atoms with Gasteiger partial charge in [-0.2, -0.15) is 0 Å². The highest BCUT2D eigenvalue weighted by Gasteiger charge is 2.13. The van der Waals surface area contributed by atoms with E-state index in [2.05, 4.69) is 20.8 Å². The summed E-state index contributed by atoms with van der Waals surface area (Å²) in [7, 11) is 3.38. The van der Waals surface area contributed by atoms with E-state index >= 15 is 0 Å². The molecule has 0 aliphatic heterocycles. The van der Waals surface area contributed by atoms with Gasteiger partial charge in [-0.05, 0) is 52.7 Å². The number of nitrogens with one attached hydrogen (secondary N) is 1. The zero-order chi connectivity index (χ0) is 19.4. The normalized spacial score (nSPS) is 10.5. The quantitative estimate of drug-likeness (QED) is 0.747. The minimum absolute atomic E-state index is 0.113. The molecule has 0 fully saturated rings. The van der Waals surface area contributed by atoms with Gasteiger partial charge >= 0.3 is 0 Å². The zero-order valence-electron chi connectivity index (χ0n) is 15.4. The average Bonchev–Trinajstić information content (AvgIpc) is 3.16. The molecule has 0 bridgehead atoms. The van der Waals surface area contributed by atoms with E-state index in [1.807, 2.05) is 25.1 Å². The van der Waals surface area contributed by atoms with Crippen LogP contribution < -0.4 is 5.32 Å². The maximum absolute atomic E-state index is 12.6. The molecule has 0 atom stereocenters. The molecule has 138 valence electrons. The van der Waals surface area contributed by atoms with E-state index < -0.39 is 0 Å². The van der Waals surface area contributed by atoms with Crippen LogP contribution in [0, 0.1) is 6.92 Å². The summed E-state index contributed by atoms with van der Waals surface area (Å²) in [5.41, 5.74) is 3.53. The summed E-state index contributed by atoms with van der Waals surface area (Å²) in [6.07, 6.45) is 1.53. The molecule has 0 radical (unpaired) electrons. The standard InChI is InChI=1S/C19H20N6O2/c1-13-4-7-16(19(27)24(2)3)10-17(13)21-18(26)15-8-5-14(6-9-15)11-25-12-20-22-23-25/h4-10,12H,11H2,1-3H3,(H,21,26). The molecule has 0 saturated carbocycles. The molecule has 1 heterocycles. The number of carbonyl (C=O) groups is 2. The van der Waals surface area contributed by atoms with Crippen molar-refractivity contribution in [3.8, 4) is 0 Å². The van der Waals surface area contributed by atoms with Crippen LogP contribution in [0.3, 0.4) is 0 Å². The summed E-state index contributed by atoms with van der Waals surface area (Å²) in [6, 6.07) is 12.5. The first kappa shape index (κ1) is 18.2. The second-order valence-corrected chi connectivity index (χ2v) is 6.39. The van der Waals surface area contributed by atoms with E-state index in [1.165, 1.54) is 11.2 Å². The van der Waals surface area contributed by atoms with Crippen LogP contribution in [-0.4, -0.2) is 51.0 Å². The monoisotopic (exact) mass is 364 g/mol. The van der Waals surface area contributed by atoms with Crippen molar-refractivity contribution in [2.24, 2.45) is 0 Å². The van der Waals surface area contributed by atoms with Gasteiger partial charge in [0.15, 0.2) is 0 Å². The van der Waals surface area contributed by atoms with Gasteiger partial charge in [0.2, 0.25) is 0 Å². The second kappa shape index (κ2) is 7.77. The molecule has 3 aromatic rings. The SMILES string of the molecule is Cc1ccc(C(=O)N(C)C)cc1NC(=O)c1ccc(Cn2cnnn2)cc1. The summed E-state index contributed by atoms with van der Waals surface area (Å²) in [4.78, 5) is 26.2. The number of hydrogen-bond acceptors (Lipinski definition) is 5. The molecule has 0 unspecified atom stereocenters. The zero-order valence-corrected chi connectivity index (χ0v) is 15.4. The summed E-state index contributed by atoms with van der Waals surface area (Å²) in [5, 5.41) is 13.9. The molecule has 1 N–H and O–H groups in total. The Morgan fingerprint density at radius 1 is 1.07 bits per heavy atom. The maximum atomic E-state index is 12.6. The Labute approximate surface area is 156 Å². The second-order valence-electron chi connectivity index (χ2n) is 6.39. The largest absolute Gasteiger partial charge is 0.345 e. The van der Waals surface area contributed by atoms with Crippen LogP contribution in [0.5, 0.6) is 0 Å². The predicted molar refractivity (Wildman–Crippen MR) is 101 cm³/mol. The lowest BCUT2D eigenvalue weighted by atomic mass is 10.1. The van der Waals surface area contributed by atoms with Crippen molar-refractivity contribution < 1.29 is 9.59 Å². The molecule has 0 aliphatic rings. The third-order valence-corrected chi connectivity index (χ3v) is 4.09. The number of tetrazole rings is 1. The Morgan fingerprint density at radius 2 is 1.78 bits per heavy atom. The van der Waals surface area contributed by atoms with Crippen molar-refractivity contribution in [2.45, 2.75) is 13.5 Å². The van der Waals surface area contributed by atoms with Crippen molar-refractivity contribution >= 4 is 17.5 Å². The molecular weight excluding hydrogens is 344 g/mol.